The molecule has 20 heavy (non-hydrogen) atoms. The Morgan fingerprint density at radius 3 is 2.00 bits per heavy atom. The Morgan fingerprint density at radius 1 is 0.950 bits per heavy atom. The average molecular weight is 272 g/mol. The summed E-state index contributed by atoms with van der Waals surface area (Å²) in [5.41, 5.74) is 3.43. The van der Waals surface area contributed by atoms with Crippen LogP contribution in [0, 0.1) is 26.6 Å². The number of carbonyl (C=O) groups excluding carboxylic acids is 1. The van der Waals surface area contributed by atoms with Crippen LogP contribution >= 0.6 is 0 Å². The molecule has 0 amide bonds. The lowest BCUT2D eigenvalue weighted by molar-refractivity contribution is 0.103. The van der Waals surface area contributed by atoms with Crippen LogP contribution in [0.5, 0.6) is 5.75 Å². The normalized spacial score (nSPS) is 10.4. The van der Waals surface area contributed by atoms with Crippen LogP contribution < -0.4 is 4.74 Å². The van der Waals surface area contributed by atoms with Crippen molar-refractivity contribution in [3.05, 3.63) is 64.0 Å². The third kappa shape index (κ3) is 2.72. The minimum atomic E-state index is -0.393. The van der Waals surface area contributed by atoms with Gasteiger partial charge in [0.2, 0.25) is 0 Å². The highest BCUT2D eigenvalue weighted by Crippen LogP contribution is 2.25. The standard InChI is InChI=1S/C17H17FO2/c1-10-5-13(9-15(18)6-10)16(19)14-7-11(2)17(20-4)12(3)8-14/h5-9H,1-4H3. The number of rotatable bonds is 3. The van der Waals surface area contributed by atoms with Crippen molar-refractivity contribution in [2.24, 2.45) is 0 Å². The Bertz CT molecular complexity index is 631. The number of hydrogen-bond acceptors (Lipinski definition) is 2. The number of ketones is 1. The van der Waals surface area contributed by atoms with Crippen LogP contribution in [0.2, 0.25) is 0 Å². The fourth-order valence-corrected chi connectivity index (χ4v) is 2.44. The van der Waals surface area contributed by atoms with Crippen molar-refractivity contribution in [3.63, 3.8) is 0 Å². The molecule has 2 rings (SSSR count). The molecule has 2 aromatic carbocycles. The first kappa shape index (κ1) is 14.3. The van der Waals surface area contributed by atoms with E-state index in [0.29, 0.717) is 11.1 Å². The lowest BCUT2D eigenvalue weighted by Gasteiger charge is -2.11. The van der Waals surface area contributed by atoms with Crippen LogP contribution in [-0.4, -0.2) is 12.9 Å². The van der Waals surface area contributed by atoms with Crippen LogP contribution in [0.4, 0.5) is 4.39 Å². The summed E-state index contributed by atoms with van der Waals surface area (Å²) < 4.78 is 18.7. The van der Waals surface area contributed by atoms with Crippen LogP contribution in [0.15, 0.2) is 30.3 Å². The molecule has 0 aromatic heterocycles. The van der Waals surface area contributed by atoms with Gasteiger partial charge >= 0.3 is 0 Å². The maximum absolute atomic E-state index is 13.4. The summed E-state index contributed by atoms with van der Waals surface area (Å²) in [6, 6.07) is 7.91. The van der Waals surface area contributed by atoms with Crippen molar-refractivity contribution < 1.29 is 13.9 Å². The molecule has 0 fully saturated rings. The van der Waals surface area contributed by atoms with E-state index < -0.39 is 5.82 Å². The van der Waals surface area contributed by atoms with E-state index in [1.54, 1.807) is 32.2 Å². The molecule has 0 saturated carbocycles. The molecule has 0 radical (unpaired) electrons. The van der Waals surface area contributed by atoms with Crippen molar-refractivity contribution in [1.82, 2.24) is 0 Å². The molecule has 0 bridgehead atoms. The van der Waals surface area contributed by atoms with Crippen LogP contribution in [0.25, 0.3) is 0 Å². The first-order valence-corrected chi connectivity index (χ1v) is 6.39. The SMILES string of the molecule is COc1c(C)cc(C(=O)c2cc(C)cc(F)c2)cc1C. The second kappa shape index (κ2) is 5.45. The van der Waals surface area contributed by atoms with Gasteiger partial charge in [-0.05, 0) is 67.8 Å². The van der Waals surface area contributed by atoms with E-state index in [1.807, 2.05) is 13.8 Å². The minimum Gasteiger partial charge on any atom is -0.496 e. The summed E-state index contributed by atoms with van der Waals surface area (Å²) in [5.74, 6) is 0.203. The van der Waals surface area contributed by atoms with E-state index >= 15 is 0 Å². The fourth-order valence-electron chi connectivity index (χ4n) is 2.44. The molecule has 3 heteroatoms. The molecule has 0 heterocycles. The Kier molecular flexibility index (Phi) is 3.89. The quantitative estimate of drug-likeness (QED) is 0.790. The molecule has 0 saturated heterocycles. The molecule has 0 spiro atoms. The first-order valence-electron chi connectivity index (χ1n) is 6.39. The summed E-state index contributed by atoms with van der Waals surface area (Å²) in [7, 11) is 1.60. The zero-order chi connectivity index (χ0) is 14.9. The summed E-state index contributed by atoms with van der Waals surface area (Å²) in [6.45, 7) is 5.54. The van der Waals surface area contributed by atoms with E-state index in [4.69, 9.17) is 4.74 Å². The van der Waals surface area contributed by atoms with E-state index in [9.17, 15) is 9.18 Å². The van der Waals surface area contributed by atoms with E-state index in [0.717, 1.165) is 22.4 Å². The van der Waals surface area contributed by atoms with Gasteiger partial charge < -0.3 is 4.74 Å². The first-order chi connectivity index (χ1) is 9.42. The van der Waals surface area contributed by atoms with Gasteiger partial charge in [0, 0.05) is 11.1 Å². The Labute approximate surface area is 118 Å². The Morgan fingerprint density at radius 2 is 1.50 bits per heavy atom. The molecule has 0 aliphatic rings. The third-order valence-electron chi connectivity index (χ3n) is 3.23. The van der Waals surface area contributed by atoms with Gasteiger partial charge in [0.05, 0.1) is 7.11 Å². The number of halogens is 1. The van der Waals surface area contributed by atoms with Crippen molar-refractivity contribution >= 4 is 5.78 Å². The molecule has 0 unspecified atom stereocenters. The van der Waals surface area contributed by atoms with Crippen LogP contribution in [0.3, 0.4) is 0 Å². The van der Waals surface area contributed by atoms with Gasteiger partial charge in [0.15, 0.2) is 5.78 Å². The minimum absolute atomic E-state index is 0.179. The maximum atomic E-state index is 13.4. The molecular weight excluding hydrogens is 255 g/mol. The highest BCUT2D eigenvalue weighted by Gasteiger charge is 2.14. The van der Waals surface area contributed by atoms with Gasteiger partial charge in [-0.2, -0.15) is 0 Å². The molecule has 0 N–H and O–H groups in total. The number of ether oxygens (including phenoxy) is 1. The summed E-state index contributed by atoms with van der Waals surface area (Å²) in [4.78, 5) is 12.4. The van der Waals surface area contributed by atoms with Crippen LogP contribution in [0.1, 0.15) is 32.6 Å². The monoisotopic (exact) mass is 272 g/mol. The number of methoxy groups -OCH3 is 1. The lowest BCUT2D eigenvalue weighted by atomic mass is 9.97. The fraction of sp³-hybridized carbons (Fsp3) is 0.235. The van der Waals surface area contributed by atoms with E-state index in [-0.39, 0.29) is 5.78 Å². The summed E-state index contributed by atoms with van der Waals surface area (Å²) in [5, 5.41) is 0. The molecule has 104 valence electrons. The van der Waals surface area contributed by atoms with Gasteiger partial charge in [-0.15, -0.1) is 0 Å². The van der Waals surface area contributed by atoms with Gasteiger partial charge in [-0.25, -0.2) is 4.39 Å². The zero-order valence-corrected chi connectivity index (χ0v) is 12.1. The highest BCUT2D eigenvalue weighted by molar-refractivity contribution is 6.09. The predicted octanol–water partition coefficient (Wildman–Crippen LogP) is 3.99. The Hall–Kier alpha value is -2.16. The topological polar surface area (TPSA) is 26.3 Å². The van der Waals surface area contributed by atoms with Gasteiger partial charge in [0.1, 0.15) is 11.6 Å². The third-order valence-corrected chi connectivity index (χ3v) is 3.23. The van der Waals surface area contributed by atoms with Gasteiger partial charge in [-0.3, -0.25) is 4.79 Å². The van der Waals surface area contributed by atoms with Crippen molar-refractivity contribution in [2.75, 3.05) is 7.11 Å². The number of benzene rings is 2. The smallest absolute Gasteiger partial charge is 0.193 e. The molecule has 0 aliphatic heterocycles. The molecule has 0 atom stereocenters. The van der Waals surface area contributed by atoms with E-state index in [2.05, 4.69) is 0 Å². The Balaban J connectivity index is 2.48. The molecule has 0 aliphatic carbocycles. The molecular formula is C17H17FO2. The zero-order valence-electron chi connectivity index (χ0n) is 12.1. The largest absolute Gasteiger partial charge is 0.496 e. The van der Waals surface area contributed by atoms with E-state index in [1.165, 1.54) is 12.1 Å². The average Bonchev–Trinajstić information content (AvgIpc) is 2.36. The molecule has 2 aromatic rings. The maximum Gasteiger partial charge on any atom is 0.193 e. The van der Waals surface area contributed by atoms with Crippen molar-refractivity contribution in [1.29, 1.82) is 0 Å². The predicted molar refractivity (Wildman–Crippen MR) is 77.0 cm³/mol. The summed E-state index contributed by atoms with van der Waals surface area (Å²) >= 11 is 0. The second-order valence-electron chi connectivity index (χ2n) is 4.99. The number of carbonyl (C=O) groups is 1. The number of hydrogen-bond donors (Lipinski definition) is 0. The highest BCUT2D eigenvalue weighted by atomic mass is 19.1. The van der Waals surface area contributed by atoms with Crippen LogP contribution in [-0.2, 0) is 0 Å². The van der Waals surface area contributed by atoms with Crippen molar-refractivity contribution in [2.45, 2.75) is 20.8 Å². The van der Waals surface area contributed by atoms with Gasteiger partial charge in [-0.1, -0.05) is 0 Å². The number of aryl methyl sites for hydroxylation is 3. The summed E-state index contributed by atoms with van der Waals surface area (Å²) in [6.07, 6.45) is 0. The second-order valence-corrected chi connectivity index (χ2v) is 4.99. The molecule has 2 nitrogen and oxygen atoms in total. The van der Waals surface area contributed by atoms with Crippen molar-refractivity contribution in [3.8, 4) is 5.75 Å². The lowest BCUT2D eigenvalue weighted by Crippen LogP contribution is -2.04. The van der Waals surface area contributed by atoms with Gasteiger partial charge in [0.25, 0.3) is 0 Å².